The van der Waals surface area contributed by atoms with Gasteiger partial charge in [0.25, 0.3) is 0 Å². The molecule has 1 aliphatic rings. The van der Waals surface area contributed by atoms with E-state index in [0.29, 0.717) is 6.42 Å². The minimum atomic E-state index is 0.162. The number of unbranched alkanes of at least 4 members (excludes halogenated alkanes) is 14. The van der Waals surface area contributed by atoms with Gasteiger partial charge >= 0.3 is 0 Å². The van der Waals surface area contributed by atoms with Crippen LogP contribution < -0.4 is 0 Å². The second-order valence-corrected chi connectivity index (χ2v) is 6.97. The van der Waals surface area contributed by atoms with Gasteiger partial charge in [0.05, 0.1) is 6.42 Å². The summed E-state index contributed by atoms with van der Waals surface area (Å²) in [5.74, 6) is 0.162. The van der Waals surface area contributed by atoms with E-state index >= 15 is 0 Å². The van der Waals surface area contributed by atoms with Crippen LogP contribution in [-0.2, 0) is 4.79 Å². The molecular formula is C20H38N2O. The summed E-state index contributed by atoms with van der Waals surface area (Å²) >= 11 is 0. The van der Waals surface area contributed by atoms with Gasteiger partial charge in [-0.25, -0.2) is 5.01 Å². The van der Waals surface area contributed by atoms with Crippen molar-refractivity contribution in [3.05, 3.63) is 0 Å². The number of carbonyl (C=O) groups excluding carboxylic acids is 1. The van der Waals surface area contributed by atoms with Gasteiger partial charge in [0, 0.05) is 12.8 Å². The van der Waals surface area contributed by atoms with E-state index < -0.39 is 0 Å². The van der Waals surface area contributed by atoms with Gasteiger partial charge in [-0.3, -0.25) is 4.79 Å². The largest absolute Gasteiger partial charge is 0.273 e. The van der Waals surface area contributed by atoms with Crippen molar-refractivity contribution in [3.63, 3.8) is 0 Å². The molecule has 23 heavy (non-hydrogen) atoms. The second kappa shape index (κ2) is 14.7. The Morgan fingerprint density at radius 2 is 1.22 bits per heavy atom. The third-order valence-electron chi connectivity index (χ3n) is 4.75. The fourth-order valence-electron chi connectivity index (χ4n) is 3.20. The molecule has 1 heterocycles. The van der Waals surface area contributed by atoms with Gasteiger partial charge in [-0.2, -0.15) is 5.10 Å². The van der Waals surface area contributed by atoms with Gasteiger partial charge in [-0.15, -0.1) is 0 Å². The highest BCUT2D eigenvalue weighted by molar-refractivity contribution is 5.93. The van der Waals surface area contributed by atoms with Gasteiger partial charge in [-0.05, 0) is 6.42 Å². The van der Waals surface area contributed by atoms with Crippen molar-refractivity contribution in [2.24, 2.45) is 5.10 Å². The lowest BCUT2D eigenvalue weighted by Gasteiger charge is -2.11. The van der Waals surface area contributed by atoms with E-state index in [2.05, 4.69) is 12.0 Å². The van der Waals surface area contributed by atoms with E-state index in [1.165, 1.54) is 89.9 Å². The van der Waals surface area contributed by atoms with Crippen LogP contribution in [0.15, 0.2) is 5.10 Å². The van der Waals surface area contributed by atoms with Gasteiger partial charge < -0.3 is 0 Å². The van der Waals surface area contributed by atoms with Crippen LogP contribution >= 0.6 is 0 Å². The zero-order valence-corrected chi connectivity index (χ0v) is 15.4. The smallest absolute Gasteiger partial charge is 0.248 e. The Hall–Kier alpha value is -0.860. The molecule has 1 rings (SSSR count). The Balaban J connectivity index is 1.70. The Morgan fingerprint density at radius 1 is 0.783 bits per heavy atom. The molecule has 0 aromatic carbocycles. The predicted octanol–water partition coefficient (Wildman–Crippen LogP) is 6.08. The maximum atomic E-state index is 11.4. The van der Waals surface area contributed by atoms with E-state index in [4.69, 9.17) is 0 Å². The van der Waals surface area contributed by atoms with Crippen molar-refractivity contribution in [2.75, 3.05) is 6.54 Å². The number of hydrogen-bond donors (Lipinski definition) is 0. The molecule has 0 spiro atoms. The molecule has 0 saturated carbocycles. The monoisotopic (exact) mass is 322 g/mol. The molecule has 0 fully saturated rings. The predicted molar refractivity (Wildman–Crippen MR) is 99.8 cm³/mol. The lowest BCUT2D eigenvalue weighted by Crippen LogP contribution is -2.21. The molecule has 3 heteroatoms. The van der Waals surface area contributed by atoms with Gasteiger partial charge in [0.2, 0.25) is 5.91 Å². The third-order valence-corrected chi connectivity index (χ3v) is 4.75. The maximum Gasteiger partial charge on any atom is 0.248 e. The SMILES string of the molecule is CCCCCCCCCCCCCCCCCN1N=CCC1=O. The third kappa shape index (κ3) is 11.3. The Bertz CT molecular complexity index is 315. The zero-order chi connectivity index (χ0) is 16.6. The molecule has 134 valence electrons. The van der Waals surface area contributed by atoms with Gasteiger partial charge in [-0.1, -0.05) is 96.8 Å². The lowest BCUT2D eigenvalue weighted by molar-refractivity contribution is -0.128. The van der Waals surface area contributed by atoms with Crippen LogP contribution in [0.4, 0.5) is 0 Å². The quantitative estimate of drug-likeness (QED) is 0.317. The highest BCUT2D eigenvalue weighted by atomic mass is 16.2. The Morgan fingerprint density at radius 3 is 1.61 bits per heavy atom. The molecule has 3 nitrogen and oxygen atoms in total. The number of nitrogens with zero attached hydrogens (tertiary/aromatic N) is 2. The van der Waals surface area contributed by atoms with Crippen molar-refractivity contribution in [2.45, 2.75) is 110 Å². The molecule has 0 saturated heterocycles. The molecule has 0 aliphatic carbocycles. The van der Waals surface area contributed by atoms with E-state index in [0.717, 1.165) is 13.0 Å². The molecule has 0 aromatic rings. The van der Waals surface area contributed by atoms with E-state index in [-0.39, 0.29) is 5.91 Å². The van der Waals surface area contributed by atoms with Crippen molar-refractivity contribution in [1.29, 1.82) is 0 Å². The molecule has 0 atom stereocenters. The zero-order valence-electron chi connectivity index (χ0n) is 15.4. The standard InChI is InChI=1S/C20H38N2O/c1-2-3-4-5-6-7-8-9-10-11-12-13-14-15-16-19-22-20(23)17-18-21-22/h18H,2-17,19H2,1H3. The van der Waals surface area contributed by atoms with Crippen LogP contribution in [0, 0.1) is 0 Å². The first kappa shape index (κ1) is 20.2. The highest BCUT2D eigenvalue weighted by Crippen LogP contribution is 2.13. The van der Waals surface area contributed by atoms with E-state index in [1.807, 2.05) is 0 Å². The molecule has 0 N–H and O–H groups in total. The number of rotatable bonds is 16. The van der Waals surface area contributed by atoms with Crippen molar-refractivity contribution < 1.29 is 4.79 Å². The molecular weight excluding hydrogens is 284 g/mol. The number of amides is 1. The maximum absolute atomic E-state index is 11.4. The van der Waals surface area contributed by atoms with Crippen molar-refractivity contribution >= 4 is 12.1 Å². The Labute approximate surface area is 143 Å². The van der Waals surface area contributed by atoms with Crippen molar-refractivity contribution in [1.82, 2.24) is 5.01 Å². The summed E-state index contributed by atoms with van der Waals surface area (Å²) in [5.41, 5.74) is 0. The van der Waals surface area contributed by atoms with E-state index in [9.17, 15) is 4.79 Å². The summed E-state index contributed by atoms with van der Waals surface area (Å²) in [6.07, 6.45) is 22.9. The minimum Gasteiger partial charge on any atom is -0.273 e. The molecule has 1 aliphatic heterocycles. The normalized spacial score (nSPS) is 14.1. The fraction of sp³-hybridized carbons (Fsp3) is 0.900. The highest BCUT2D eigenvalue weighted by Gasteiger charge is 2.14. The molecule has 0 unspecified atom stereocenters. The molecule has 0 bridgehead atoms. The summed E-state index contributed by atoms with van der Waals surface area (Å²) in [6.45, 7) is 3.09. The second-order valence-electron chi connectivity index (χ2n) is 6.97. The Kier molecular flexibility index (Phi) is 12.9. The van der Waals surface area contributed by atoms with E-state index in [1.54, 1.807) is 11.2 Å². The summed E-state index contributed by atoms with van der Waals surface area (Å²) in [7, 11) is 0. The molecule has 0 radical (unpaired) electrons. The van der Waals surface area contributed by atoms with Crippen LogP contribution in [0.2, 0.25) is 0 Å². The fourth-order valence-corrected chi connectivity index (χ4v) is 3.20. The van der Waals surface area contributed by atoms with Gasteiger partial charge in [0.1, 0.15) is 0 Å². The van der Waals surface area contributed by atoms with Crippen LogP contribution in [0.25, 0.3) is 0 Å². The average molecular weight is 323 g/mol. The van der Waals surface area contributed by atoms with Crippen LogP contribution in [-0.4, -0.2) is 23.7 Å². The first-order valence-electron chi connectivity index (χ1n) is 10.2. The van der Waals surface area contributed by atoms with Crippen LogP contribution in [0.3, 0.4) is 0 Å². The number of hydrogen-bond acceptors (Lipinski definition) is 2. The summed E-state index contributed by atoms with van der Waals surface area (Å²) in [6, 6.07) is 0. The van der Waals surface area contributed by atoms with Crippen LogP contribution in [0.1, 0.15) is 110 Å². The van der Waals surface area contributed by atoms with Gasteiger partial charge in [0.15, 0.2) is 0 Å². The summed E-state index contributed by atoms with van der Waals surface area (Å²) < 4.78 is 0. The van der Waals surface area contributed by atoms with Crippen molar-refractivity contribution in [3.8, 4) is 0 Å². The number of carbonyl (C=O) groups is 1. The molecule has 0 aromatic heterocycles. The lowest BCUT2D eigenvalue weighted by atomic mass is 10.0. The summed E-state index contributed by atoms with van der Waals surface area (Å²) in [4.78, 5) is 11.4. The van der Waals surface area contributed by atoms with Crippen LogP contribution in [0.5, 0.6) is 0 Å². The first-order chi connectivity index (χ1) is 11.3. The topological polar surface area (TPSA) is 32.7 Å². The molecule has 1 amide bonds. The average Bonchev–Trinajstić information content (AvgIpc) is 2.96. The minimum absolute atomic E-state index is 0.162. The summed E-state index contributed by atoms with van der Waals surface area (Å²) in [5, 5.41) is 5.71. The first-order valence-corrected chi connectivity index (χ1v) is 10.2. The number of hydrazone groups is 1.